The van der Waals surface area contributed by atoms with Gasteiger partial charge in [-0.25, -0.2) is 0 Å². The second kappa shape index (κ2) is 8.82. The number of nitrogens with one attached hydrogen (secondary N) is 2. The van der Waals surface area contributed by atoms with Gasteiger partial charge in [0, 0.05) is 42.6 Å². The number of nitrogen functional groups attached to an aromatic ring is 1. The van der Waals surface area contributed by atoms with Crippen LogP contribution in [0, 0.1) is 18.3 Å². The number of hydrogen-bond acceptors (Lipinski definition) is 6. The molecule has 0 radical (unpaired) electrons. The number of nitriles is 1. The van der Waals surface area contributed by atoms with Crippen LogP contribution in [0.1, 0.15) is 35.4 Å². The van der Waals surface area contributed by atoms with E-state index in [-0.39, 0.29) is 23.3 Å². The highest BCUT2D eigenvalue weighted by Gasteiger charge is 2.30. The van der Waals surface area contributed by atoms with Crippen LogP contribution in [0.4, 0.5) is 24.7 Å². The Morgan fingerprint density at radius 2 is 2.00 bits per heavy atom. The van der Waals surface area contributed by atoms with Gasteiger partial charge < -0.3 is 20.5 Å². The number of nitrogens with two attached hydrogens (primary N) is 1. The number of alkyl halides is 3. The monoisotopic (exact) mass is 482 g/mol. The highest BCUT2D eigenvalue weighted by Crippen LogP contribution is 2.32. The molecule has 0 saturated carbocycles. The van der Waals surface area contributed by atoms with Crippen LogP contribution in [0.25, 0.3) is 22.0 Å². The van der Waals surface area contributed by atoms with Crippen molar-refractivity contribution in [3.8, 4) is 6.07 Å². The van der Waals surface area contributed by atoms with Crippen molar-refractivity contribution in [1.82, 2.24) is 14.9 Å². The molecule has 4 N–H and O–H groups in total. The molecule has 1 aliphatic rings. The van der Waals surface area contributed by atoms with Crippen molar-refractivity contribution in [2.24, 2.45) is 0 Å². The van der Waals surface area contributed by atoms with Crippen molar-refractivity contribution in [3.63, 3.8) is 0 Å². The minimum atomic E-state index is -4.36. The zero-order valence-corrected chi connectivity index (χ0v) is 19.2. The van der Waals surface area contributed by atoms with E-state index in [2.05, 4.69) is 39.2 Å². The summed E-state index contributed by atoms with van der Waals surface area (Å²) in [6.45, 7) is 4.65. The molecule has 4 aromatic rings. The van der Waals surface area contributed by atoms with Gasteiger partial charge in [0.25, 0.3) is 0 Å². The van der Waals surface area contributed by atoms with E-state index < -0.39 is 12.6 Å². The molecule has 4 heterocycles. The first-order valence-electron chi connectivity index (χ1n) is 11.4. The van der Waals surface area contributed by atoms with E-state index in [0.717, 1.165) is 43.4 Å². The molecule has 10 heteroatoms. The van der Waals surface area contributed by atoms with Gasteiger partial charge in [-0.1, -0.05) is 6.07 Å². The molecular formula is C25H25F3N6O. The maximum atomic E-state index is 12.8. The van der Waals surface area contributed by atoms with Gasteiger partial charge in [-0.15, -0.1) is 0 Å². The zero-order chi connectivity index (χ0) is 24.7. The summed E-state index contributed by atoms with van der Waals surface area (Å²) in [5.41, 5.74) is 10.6. The van der Waals surface area contributed by atoms with E-state index in [0.29, 0.717) is 16.8 Å². The van der Waals surface area contributed by atoms with Crippen molar-refractivity contribution in [2.45, 2.75) is 44.9 Å². The van der Waals surface area contributed by atoms with E-state index in [1.165, 1.54) is 17.2 Å². The second-order valence-corrected chi connectivity index (χ2v) is 9.12. The summed E-state index contributed by atoms with van der Waals surface area (Å²) in [5.74, 6) is 0.0145. The van der Waals surface area contributed by atoms with Crippen LogP contribution in [-0.4, -0.2) is 40.2 Å². The molecule has 0 aliphatic carbocycles. The molecule has 0 atom stereocenters. The Morgan fingerprint density at radius 3 is 2.71 bits per heavy atom. The predicted molar refractivity (Wildman–Crippen MR) is 128 cm³/mol. The van der Waals surface area contributed by atoms with Crippen molar-refractivity contribution in [1.29, 1.82) is 5.26 Å². The van der Waals surface area contributed by atoms with Gasteiger partial charge in [0.2, 0.25) is 5.71 Å². The van der Waals surface area contributed by atoms with E-state index in [1.54, 1.807) is 6.07 Å². The van der Waals surface area contributed by atoms with Crippen molar-refractivity contribution < 1.29 is 17.6 Å². The third-order valence-corrected chi connectivity index (χ3v) is 6.60. The number of furan rings is 1. The Hall–Kier alpha value is -3.71. The third-order valence-electron chi connectivity index (χ3n) is 6.60. The molecule has 1 aliphatic heterocycles. The average Bonchev–Trinajstić information content (AvgIpc) is 3.39. The van der Waals surface area contributed by atoms with Gasteiger partial charge in [-0.2, -0.15) is 23.4 Å². The highest BCUT2D eigenvalue weighted by atomic mass is 19.4. The number of hydrogen-bond donors (Lipinski definition) is 3. The molecule has 1 fully saturated rings. The maximum Gasteiger partial charge on any atom is 0.396 e. The highest BCUT2D eigenvalue weighted by molar-refractivity contribution is 5.90. The Bertz CT molecular complexity index is 1420. The molecular weight excluding hydrogens is 457 g/mol. The van der Waals surface area contributed by atoms with Crippen LogP contribution < -0.4 is 11.1 Å². The topological polar surface area (TPSA) is 107 Å². The zero-order valence-electron chi connectivity index (χ0n) is 19.2. The molecule has 182 valence electrons. The Balaban J connectivity index is 1.25. The number of piperidine rings is 1. The minimum Gasteiger partial charge on any atom is -0.442 e. The molecule has 35 heavy (non-hydrogen) atoms. The van der Waals surface area contributed by atoms with E-state index in [9.17, 15) is 13.2 Å². The second-order valence-electron chi connectivity index (χ2n) is 9.12. The van der Waals surface area contributed by atoms with Gasteiger partial charge >= 0.3 is 6.18 Å². The number of likely N-dealkylation sites (tertiary alicyclic amines) is 1. The van der Waals surface area contributed by atoms with E-state index in [4.69, 9.17) is 15.4 Å². The standard InChI is InChI=1S/C25H25F3N6O/c1-14-15(2-3-21-19(14)8-17(12-29)32-21)13-34-6-4-16(5-7-34)31-22-10-23(30)33-24-20(22)9-18(35-24)11-25(26,27)28/h2-3,8-10,16,32H,4-7,11,13H2,1H3,(H3,30,31,33). The predicted octanol–water partition coefficient (Wildman–Crippen LogP) is 5.25. The van der Waals surface area contributed by atoms with E-state index in [1.807, 2.05) is 12.1 Å². The first kappa shape index (κ1) is 23.1. The number of pyridine rings is 1. The molecule has 0 amide bonds. The smallest absolute Gasteiger partial charge is 0.396 e. The number of fused-ring (bicyclic) bond motifs is 2. The first-order chi connectivity index (χ1) is 16.7. The van der Waals surface area contributed by atoms with Crippen LogP contribution >= 0.6 is 0 Å². The number of anilines is 2. The molecule has 0 unspecified atom stereocenters. The lowest BCUT2D eigenvalue weighted by Crippen LogP contribution is -2.38. The largest absolute Gasteiger partial charge is 0.442 e. The fourth-order valence-corrected chi connectivity index (χ4v) is 4.81. The summed E-state index contributed by atoms with van der Waals surface area (Å²) in [5, 5.41) is 14.2. The summed E-state index contributed by atoms with van der Waals surface area (Å²) in [4.78, 5) is 9.56. The molecule has 1 saturated heterocycles. The number of aromatic amines is 1. The number of benzene rings is 1. The molecule has 5 rings (SSSR count). The van der Waals surface area contributed by atoms with Crippen LogP contribution in [-0.2, 0) is 13.0 Å². The van der Waals surface area contributed by atoms with Crippen LogP contribution in [0.15, 0.2) is 34.7 Å². The Labute approximate surface area is 199 Å². The fourth-order valence-electron chi connectivity index (χ4n) is 4.81. The Morgan fingerprint density at radius 1 is 1.23 bits per heavy atom. The summed E-state index contributed by atoms with van der Waals surface area (Å²) in [6.07, 6.45) is -3.75. The lowest BCUT2D eigenvalue weighted by Gasteiger charge is -2.33. The van der Waals surface area contributed by atoms with Gasteiger partial charge in [0.15, 0.2) is 0 Å². The summed E-state index contributed by atoms with van der Waals surface area (Å²) in [6, 6.07) is 11.4. The normalized spacial score (nSPS) is 15.6. The lowest BCUT2D eigenvalue weighted by atomic mass is 10.0. The number of nitrogens with zero attached hydrogens (tertiary/aromatic N) is 3. The number of H-pyrrole nitrogens is 1. The average molecular weight is 483 g/mol. The number of halogens is 3. The molecule has 1 aromatic carbocycles. The first-order valence-corrected chi connectivity index (χ1v) is 11.4. The number of rotatable bonds is 5. The quantitative estimate of drug-likeness (QED) is 0.359. The van der Waals surface area contributed by atoms with E-state index >= 15 is 0 Å². The van der Waals surface area contributed by atoms with Crippen LogP contribution in [0.5, 0.6) is 0 Å². The molecule has 3 aromatic heterocycles. The maximum absolute atomic E-state index is 12.8. The van der Waals surface area contributed by atoms with Gasteiger partial charge in [0.1, 0.15) is 29.8 Å². The third kappa shape index (κ3) is 4.91. The molecule has 0 spiro atoms. The van der Waals surface area contributed by atoms with Crippen LogP contribution in [0.3, 0.4) is 0 Å². The fraction of sp³-hybridized carbons (Fsp3) is 0.360. The van der Waals surface area contributed by atoms with Crippen molar-refractivity contribution in [3.05, 3.63) is 52.9 Å². The van der Waals surface area contributed by atoms with Crippen LogP contribution in [0.2, 0.25) is 0 Å². The van der Waals surface area contributed by atoms with Crippen molar-refractivity contribution in [2.75, 3.05) is 24.1 Å². The number of aromatic nitrogens is 2. The lowest BCUT2D eigenvalue weighted by molar-refractivity contribution is -0.129. The van der Waals surface area contributed by atoms with Gasteiger partial charge in [-0.05, 0) is 49.1 Å². The van der Waals surface area contributed by atoms with Crippen molar-refractivity contribution >= 4 is 33.5 Å². The minimum absolute atomic E-state index is 0.111. The summed E-state index contributed by atoms with van der Waals surface area (Å²) < 4.78 is 43.7. The SMILES string of the molecule is Cc1c(CN2CCC(Nc3cc(N)nc4oc(CC(F)(F)F)cc34)CC2)ccc2[nH]c(C#N)cc12. The molecule has 7 nitrogen and oxygen atoms in total. The Kier molecular flexibility index (Phi) is 5.81. The number of aryl methyl sites for hydroxylation is 1. The van der Waals surface area contributed by atoms with Gasteiger partial charge in [0.05, 0.1) is 11.1 Å². The summed E-state index contributed by atoms with van der Waals surface area (Å²) in [7, 11) is 0. The molecule has 0 bridgehead atoms. The summed E-state index contributed by atoms with van der Waals surface area (Å²) >= 11 is 0. The van der Waals surface area contributed by atoms with Gasteiger partial charge in [-0.3, -0.25) is 4.90 Å².